The van der Waals surface area contributed by atoms with Crippen LogP contribution in [0.15, 0.2) is 23.8 Å². The predicted molar refractivity (Wildman–Crippen MR) is 46.5 cm³/mol. The van der Waals surface area contributed by atoms with E-state index in [4.69, 9.17) is 9.84 Å². The lowest BCUT2D eigenvalue weighted by atomic mass is 10.3. The minimum Gasteiger partial charge on any atom is -0.392 e. The van der Waals surface area contributed by atoms with Gasteiger partial charge in [-0.3, -0.25) is 0 Å². The summed E-state index contributed by atoms with van der Waals surface area (Å²) in [5, 5.41) is 8.36. The van der Waals surface area contributed by atoms with Crippen LogP contribution in [0.3, 0.4) is 0 Å². The van der Waals surface area contributed by atoms with Crippen molar-refractivity contribution in [3.05, 3.63) is 23.8 Å². The quantitative estimate of drug-likeness (QED) is 0.483. The molecule has 0 rings (SSSR count). The Morgan fingerprint density at radius 2 is 2.00 bits per heavy atom. The highest BCUT2D eigenvalue weighted by Crippen LogP contribution is 1.88. The van der Waals surface area contributed by atoms with Crippen molar-refractivity contribution in [3.63, 3.8) is 0 Å². The van der Waals surface area contributed by atoms with Gasteiger partial charge in [0.2, 0.25) is 0 Å². The van der Waals surface area contributed by atoms with Crippen LogP contribution >= 0.6 is 0 Å². The lowest BCUT2D eigenvalue weighted by Crippen LogP contribution is -1.91. The molecule has 2 heteroatoms. The van der Waals surface area contributed by atoms with Crippen molar-refractivity contribution in [2.24, 2.45) is 0 Å². The zero-order chi connectivity index (χ0) is 8.53. The Balaban J connectivity index is 3.15. The van der Waals surface area contributed by atoms with Gasteiger partial charge in [0.1, 0.15) is 0 Å². The van der Waals surface area contributed by atoms with E-state index in [0.717, 1.165) is 0 Å². The van der Waals surface area contributed by atoms with Gasteiger partial charge in [-0.1, -0.05) is 23.8 Å². The van der Waals surface area contributed by atoms with Gasteiger partial charge < -0.3 is 9.84 Å². The largest absolute Gasteiger partial charge is 0.392 e. The van der Waals surface area contributed by atoms with E-state index in [2.05, 4.69) is 0 Å². The third-order valence-electron chi connectivity index (χ3n) is 1.10. The summed E-state index contributed by atoms with van der Waals surface area (Å²) in [6, 6.07) is 0. The van der Waals surface area contributed by atoms with E-state index in [1.54, 1.807) is 12.2 Å². The number of rotatable bonds is 5. The molecule has 64 valence electrons. The van der Waals surface area contributed by atoms with Crippen LogP contribution in [0, 0.1) is 0 Å². The summed E-state index contributed by atoms with van der Waals surface area (Å²) in [7, 11) is 0. The fourth-order valence-electron chi connectivity index (χ4n) is 0.504. The number of ether oxygens (including phenoxy) is 1. The van der Waals surface area contributed by atoms with Gasteiger partial charge in [0.05, 0.1) is 19.8 Å². The molecule has 11 heavy (non-hydrogen) atoms. The van der Waals surface area contributed by atoms with Gasteiger partial charge in [-0.25, -0.2) is 0 Å². The molecule has 0 atom stereocenters. The molecule has 0 aromatic rings. The second kappa shape index (κ2) is 7.51. The van der Waals surface area contributed by atoms with E-state index in [1.807, 2.05) is 19.9 Å². The summed E-state index contributed by atoms with van der Waals surface area (Å²) in [5.74, 6) is 0. The second-order valence-corrected chi connectivity index (χ2v) is 2.47. The molecule has 0 heterocycles. The molecule has 2 nitrogen and oxygen atoms in total. The number of aliphatic hydroxyl groups excluding tert-OH is 1. The SMILES string of the molecule is CC(C)=CCOCC=CCO. The molecule has 0 radical (unpaired) electrons. The second-order valence-electron chi connectivity index (χ2n) is 2.47. The first kappa shape index (κ1) is 10.4. The summed E-state index contributed by atoms with van der Waals surface area (Å²) < 4.78 is 5.17. The van der Waals surface area contributed by atoms with Gasteiger partial charge in [0.15, 0.2) is 0 Å². The van der Waals surface area contributed by atoms with Crippen LogP contribution in [0.25, 0.3) is 0 Å². The van der Waals surface area contributed by atoms with E-state index >= 15 is 0 Å². The highest BCUT2D eigenvalue weighted by molar-refractivity contribution is 4.93. The van der Waals surface area contributed by atoms with E-state index in [1.165, 1.54) is 5.57 Å². The van der Waals surface area contributed by atoms with Gasteiger partial charge in [0, 0.05) is 0 Å². The fourth-order valence-corrected chi connectivity index (χ4v) is 0.504. The highest BCUT2D eigenvalue weighted by atomic mass is 16.5. The summed E-state index contributed by atoms with van der Waals surface area (Å²) in [6.07, 6.45) is 5.49. The van der Waals surface area contributed by atoms with Crippen LogP contribution in [0.5, 0.6) is 0 Å². The number of allylic oxidation sites excluding steroid dienone is 1. The molecule has 0 bridgehead atoms. The van der Waals surface area contributed by atoms with Gasteiger partial charge in [0.25, 0.3) is 0 Å². The minimum absolute atomic E-state index is 0.0893. The molecule has 0 aromatic heterocycles. The standard InChI is InChI=1S/C9H16O2/c1-9(2)5-8-11-7-4-3-6-10/h3-5,10H,6-8H2,1-2H3. The molecule has 0 saturated carbocycles. The van der Waals surface area contributed by atoms with Crippen molar-refractivity contribution in [2.45, 2.75) is 13.8 Å². The Bertz CT molecular complexity index is 132. The molecular weight excluding hydrogens is 140 g/mol. The Labute approximate surface area is 68.2 Å². The molecule has 0 aliphatic heterocycles. The first-order valence-corrected chi connectivity index (χ1v) is 3.74. The van der Waals surface area contributed by atoms with Crippen molar-refractivity contribution in [1.82, 2.24) is 0 Å². The number of hydrogen-bond acceptors (Lipinski definition) is 2. The zero-order valence-electron chi connectivity index (χ0n) is 7.21. The Hall–Kier alpha value is -0.600. The maximum Gasteiger partial charge on any atom is 0.0654 e. The van der Waals surface area contributed by atoms with E-state index < -0.39 is 0 Å². The lowest BCUT2D eigenvalue weighted by molar-refractivity contribution is 0.192. The van der Waals surface area contributed by atoms with Crippen LogP contribution in [-0.4, -0.2) is 24.9 Å². The van der Waals surface area contributed by atoms with Crippen molar-refractivity contribution in [2.75, 3.05) is 19.8 Å². The molecule has 0 saturated heterocycles. The number of aliphatic hydroxyl groups is 1. The minimum atomic E-state index is 0.0893. The highest BCUT2D eigenvalue weighted by Gasteiger charge is 1.79. The van der Waals surface area contributed by atoms with E-state index in [0.29, 0.717) is 13.2 Å². The average molecular weight is 156 g/mol. The fraction of sp³-hybridized carbons (Fsp3) is 0.556. The first-order chi connectivity index (χ1) is 5.27. The summed E-state index contributed by atoms with van der Waals surface area (Å²) in [4.78, 5) is 0. The predicted octanol–water partition coefficient (Wildman–Crippen LogP) is 1.52. The van der Waals surface area contributed by atoms with Crippen molar-refractivity contribution < 1.29 is 9.84 Å². The Morgan fingerprint density at radius 3 is 2.55 bits per heavy atom. The first-order valence-electron chi connectivity index (χ1n) is 3.74. The molecule has 0 spiro atoms. The van der Waals surface area contributed by atoms with E-state index in [-0.39, 0.29) is 6.61 Å². The average Bonchev–Trinajstić information content (AvgIpc) is 1.96. The normalized spacial score (nSPS) is 10.5. The lowest BCUT2D eigenvalue weighted by Gasteiger charge is -1.94. The molecule has 0 unspecified atom stereocenters. The molecule has 0 aromatic carbocycles. The van der Waals surface area contributed by atoms with E-state index in [9.17, 15) is 0 Å². The molecule has 0 fully saturated rings. The summed E-state index contributed by atoms with van der Waals surface area (Å²) in [6.45, 7) is 5.38. The zero-order valence-corrected chi connectivity index (χ0v) is 7.21. The van der Waals surface area contributed by atoms with Crippen molar-refractivity contribution >= 4 is 0 Å². The summed E-state index contributed by atoms with van der Waals surface area (Å²) in [5.41, 5.74) is 1.26. The van der Waals surface area contributed by atoms with Crippen molar-refractivity contribution in [3.8, 4) is 0 Å². The van der Waals surface area contributed by atoms with Crippen molar-refractivity contribution in [1.29, 1.82) is 0 Å². The van der Waals surface area contributed by atoms with Crippen LogP contribution in [0.4, 0.5) is 0 Å². The van der Waals surface area contributed by atoms with Crippen LogP contribution in [0.2, 0.25) is 0 Å². The third-order valence-corrected chi connectivity index (χ3v) is 1.10. The summed E-state index contributed by atoms with van der Waals surface area (Å²) >= 11 is 0. The maximum absolute atomic E-state index is 8.36. The molecule has 1 N–H and O–H groups in total. The Kier molecular flexibility index (Phi) is 7.10. The maximum atomic E-state index is 8.36. The van der Waals surface area contributed by atoms with Gasteiger partial charge >= 0.3 is 0 Å². The van der Waals surface area contributed by atoms with Gasteiger partial charge in [-0.2, -0.15) is 0 Å². The topological polar surface area (TPSA) is 29.5 Å². The Morgan fingerprint density at radius 1 is 1.27 bits per heavy atom. The van der Waals surface area contributed by atoms with Gasteiger partial charge in [-0.05, 0) is 13.8 Å². The number of hydrogen-bond donors (Lipinski definition) is 1. The molecule has 0 amide bonds. The molecule has 0 aliphatic carbocycles. The molecule has 0 aliphatic rings. The van der Waals surface area contributed by atoms with Crippen LogP contribution in [0.1, 0.15) is 13.8 Å². The van der Waals surface area contributed by atoms with Crippen LogP contribution < -0.4 is 0 Å². The molecular formula is C9H16O2. The smallest absolute Gasteiger partial charge is 0.0654 e. The monoisotopic (exact) mass is 156 g/mol. The van der Waals surface area contributed by atoms with Crippen LogP contribution in [-0.2, 0) is 4.74 Å². The third kappa shape index (κ3) is 9.40. The van der Waals surface area contributed by atoms with Gasteiger partial charge in [-0.15, -0.1) is 0 Å².